The molecule has 0 aliphatic heterocycles. The van der Waals surface area contributed by atoms with Crippen molar-refractivity contribution in [2.75, 3.05) is 12.4 Å². The molecule has 7 heteroatoms. The highest BCUT2D eigenvalue weighted by molar-refractivity contribution is 7.99. The van der Waals surface area contributed by atoms with Crippen LogP contribution in [0.15, 0.2) is 34.2 Å². The van der Waals surface area contributed by atoms with Gasteiger partial charge in [-0.3, -0.25) is 0 Å². The summed E-state index contributed by atoms with van der Waals surface area (Å²) < 4.78 is 26.9. The molecule has 0 spiro atoms. The Morgan fingerprint density at radius 3 is 2.47 bits per heavy atom. The maximum absolute atomic E-state index is 13.6. The number of hydrogen-bond acceptors (Lipinski definition) is 3. The Bertz CT molecular complexity index is 623. The van der Waals surface area contributed by atoms with Crippen LogP contribution in [-0.2, 0) is 0 Å². The van der Waals surface area contributed by atoms with E-state index in [1.54, 1.807) is 18.2 Å². The highest BCUT2D eigenvalue weighted by Gasteiger charge is 2.12. The monoisotopic (exact) mass is 320 g/mol. The standard InChI is InChI=1S/C12H8Cl2F2N2S/c1-17-11-9(15)5-10(16)12(18-11)19-6-2-3-7(13)8(14)4-6/h2-5H,1H3,(H,17,18). The Balaban J connectivity index is 2.34. The van der Waals surface area contributed by atoms with Gasteiger partial charge in [0.2, 0.25) is 0 Å². The van der Waals surface area contributed by atoms with Crippen LogP contribution < -0.4 is 5.32 Å². The van der Waals surface area contributed by atoms with E-state index >= 15 is 0 Å². The molecule has 0 unspecified atom stereocenters. The first-order valence-corrected chi connectivity index (χ1v) is 6.75. The number of nitrogens with one attached hydrogen (secondary N) is 1. The van der Waals surface area contributed by atoms with Gasteiger partial charge in [-0.15, -0.1) is 0 Å². The molecule has 1 aromatic carbocycles. The van der Waals surface area contributed by atoms with Crippen LogP contribution in [-0.4, -0.2) is 12.0 Å². The Hall–Kier alpha value is -1.04. The first-order valence-electron chi connectivity index (χ1n) is 5.18. The summed E-state index contributed by atoms with van der Waals surface area (Å²) >= 11 is 12.7. The second-order valence-corrected chi connectivity index (χ2v) is 5.41. The Morgan fingerprint density at radius 2 is 1.84 bits per heavy atom. The summed E-state index contributed by atoms with van der Waals surface area (Å²) in [5.41, 5.74) is 0. The third-order valence-corrected chi connectivity index (χ3v) is 3.95. The van der Waals surface area contributed by atoms with E-state index < -0.39 is 11.6 Å². The third-order valence-electron chi connectivity index (χ3n) is 2.24. The van der Waals surface area contributed by atoms with E-state index in [1.807, 2.05) is 0 Å². The molecule has 0 aliphatic carbocycles. The van der Waals surface area contributed by atoms with Crippen LogP contribution in [0, 0.1) is 11.6 Å². The summed E-state index contributed by atoms with van der Waals surface area (Å²) in [5.74, 6) is -1.48. The quantitative estimate of drug-likeness (QED) is 0.874. The lowest BCUT2D eigenvalue weighted by atomic mass is 10.4. The molecule has 0 aliphatic rings. The van der Waals surface area contributed by atoms with Crippen LogP contribution in [0.1, 0.15) is 0 Å². The molecular formula is C12H8Cl2F2N2S. The molecule has 2 aromatic rings. The molecule has 1 N–H and O–H groups in total. The minimum Gasteiger partial charge on any atom is -0.371 e. The van der Waals surface area contributed by atoms with Gasteiger partial charge in [0.05, 0.1) is 10.0 Å². The number of aromatic nitrogens is 1. The fourth-order valence-corrected chi connectivity index (χ4v) is 2.54. The lowest BCUT2D eigenvalue weighted by molar-refractivity contribution is 0.552. The predicted molar refractivity (Wildman–Crippen MR) is 74.3 cm³/mol. The third kappa shape index (κ3) is 3.29. The number of pyridine rings is 1. The Labute approximate surface area is 123 Å². The zero-order chi connectivity index (χ0) is 14.0. The van der Waals surface area contributed by atoms with Crippen molar-refractivity contribution in [1.29, 1.82) is 0 Å². The SMILES string of the molecule is CNc1nc(Sc2ccc(Cl)c(Cl)c2)c(F)cc1F. The van der Waals surface area contributed by atoms with Gasteiger partial charge in [0.25, 0.3) is 0 Å². The van der Waals surface area contributed by atoms with Gasteiger partial charge in [0, 0.05) is 18.0 Å². The summed E-state index contributed by atoms with van der Waals surface area (Å²) in [7, 11) is 1.51. The first kappa shape index (κ1) is 14.4. The number of benzene rings is 1. The van der Waals surface area contributed by atoms with Crippen LogP contribution in [0.5, 0.6) is 0 Å². The second-order valence-electron chi connectivity index (χ2n) is 3.53. The van der Waals surface area contributed by atoms with E-state index in [4.69, 9.17) is 23.2 Å². The summed E-state index contributed by atoms with van der Waals surface area (Å²) in [5, 5.41) is 3.39. The molecule has 0 radical (unpaired) electrons. The lowest BCUT2D eigenvalue weighted by Crippen LogP contribution is -1.99. The van der Waals surface area contributed by atoms with E-state index in [-0.39, 0.29) is 10.8 Å². The van der Waals surface area contributed by atoms with Crippen molar-refractivity contribution in [3.05, 3.63) is 45.9 Å². The smallest absolute Gasteiger partial charge is 0.168 e. The van der Waals surface area contributed by atoms with Gasteiger partial charge >= 0.3 is 0 Å². The number of anilines is 1. The zero-order valence-electron chi connectivity index (χ0n) is 9.68. The Morgan fingerprint density at radius 1 is 1.11 bits per heavy atom. The van der Waals surface area contributed by atoms with Gasteiger partial charge in [-0.25, -0.2) is 13.8 Å². The summed E-state index contributed by atoms with van der Waals surface area (Å²) in [4.78, 5) is 4.53. The van der Waals surface area contributed by atoms with Crippen LogP contribution in [0.25, 0.3) is 0 Å². The maximum Gasteiger partial charge on any atom is 0.168 e. The van der Waals surface area contributed by atoms with Gasteiger partial charge in [-0.1, -0.05) is 35.0 Å². The highest BCUT2D eigenvalue weighted by atomic mass is 35.5. The Kier molecular flexibility index (Phi) is 4.50. The van der Waals surface area contributed by atoms with E-state index in [2.05, 4.69) is 10.3 Å². The molecule has 1 aromatic heterocycles. The highest BCUT2D eigenvalue weighted by Crippen LogP contribution is 2.33. The van der Waals surface area contributed by atoms with Crippen molar-refractivity contribution in [3.8, 4) is 0 Å². The zero-order valence-corrected chi connectivity index (χ0v) is 12.0. The number of hydrogen-bond donors (Lipinski definition) is 1. The van der Waals surface area contributed by atoms with Crippen LogP contribution in [0.4, 0.5) is 14.6 Å². The molecule has 1 heterocycles. The fraction of sp³-hybridized carbons (Fsp3) is 0.0833. The molecule has 2 nitrogen and oxygen atoms in total. The predicted octanol–water partition coefficient (Wildman–Crippen LogP) is 4.86. The maximum atomic E-state index is 13.6. The van der Waals surface area contributed by atoms with Gasteiger partial charge < -0.3 is 5.32 Å². The van der Waals surface area contributed by atoms with E-state index in [9.17, 15) is 8.78 Å². The average Bonchev–Trinajstić information content (AvgIpc) is 2.37. The largest absolute Gasteiger partial charge is 0.371 e. The van der Waals surface area contributed by atoms with Gasteiger partial charge in [-0.2, -0.15) is 0 Å². The van der Waals surface area contributed by atoms with E-state index in [0.29, 0.717) is 14.9 Å². The van der Waals surface area contributed by atoms with Gasteiger partial charge in [0.1, 0.15) is 5.03 Å². The van der Waals surface area contributed by atoms with Gasteiger partial charge in [-0.05, 0) is 18.2 Å². The molecular weight excluding hydrogens is 313 g/mol. The van der Waals surface area contributed by atoms with Crippen molar-refractivity contribution in [3.63, 3.8) is 0 Å². The van der Waals surface area contributed by atoms with Gasteiger partial charge in [0.15, 0.2) is 17.5 Å². The fourth-order valence-electron chi connectivity index (χ4n) is 1.35. The van der Waals surface area contributed by atoms with Crippen LogP contribution in [0.3, 0.4) is 0 Å². The van der Waals surface area contributed by atoms with Crippen molar-refractivity contribution in [2.24, 2.45) is 0 Å². The van der Waals surface area contributed by atoms with Crippen molar-refractivity contribution < 1.29 is 8.78 Å². The average molecular weight is 321 g/mol. The molecule has 0 saturated carbocycles. The number of rotatable bonds is 3. The minimum absolute atomic E-state index is 0.0102. The lowest BCUT2D eigenvalue weighted by Gasteiger charge is -2.07. The molecule has 19 heavy (non-hydrogen) atoms. The van der Waals surface area contributed by atoms with Crippen molar-refractivity contribution in [2.45, 2.75) is 9.92 Å². The van der Waals surface area contributed by atoms with Crippen molar-refractivity contribution in [1.82, 2.24) is 4.98 Å². The molecule has 0 amide bonds. The first-order chi connectivity index (χ1) is 9.01. The number of halogens is 4. The molecule has 0 saturated heterocycles. The van der Waals surface area contributed by atoms with E-state index in [1.165, 1.54) is 7.05 Å². The van der Waals surface area contributed by atoms with Crippen molar-refractivity contribution >= 4 is 40.8 Å². The number of nitrogens with zero attached hydrogens (tertiary/aromatic N) is 1. The van der Waals surface area contributed by atoms with E-state index in [0.717, 1.165) is 17.8 Å². The summed E-state index contributed by atoms with van der Waals surface area (Å²) in [6, 6.07) is 5.67. The summed E-state index contributed by atoms with van der Waals surface area (Å²) in [6.07, 6.45) is 0. The normalized spacial score (nSPS) is 10.6. The molecule has 0 fully saturated rings. The topological polar surface area (TPSA) is 24.9 Å². The molecule has 2 rings (SSSR count). The van der Waals surface area contributed by atoms with Crippen LogP contribution >= 0.6 is 35.0 Å². The minimum atomic E-state index is -0.738. The second kappa shape index (κ2) is 5.94. The van der Waals surface area contributed by atoms with Crippen LogP contribution in [0.2, 0.25) is 10.0 Å². The molecule has 0 bridgehead atoms. The molecule has 0 atom stereocenters. The summed E-state index contributed by atoms with van der Waals surface area (Å²) in [6.45, 7) is 0. The molecule has 100 valence electrons.